The number of benzene rings is 1. The number of hydrogen-bond donors (Lipinski definition) is 1. The van der Waals surface area contributed by atoms with Crippen LogP contribution in [0, 0.1) is 0 Å². The van der Waals surface area contributed by atoms with Crippen LogP contribution in [0.2, 0.25) is 0 Å². The summed E-state index contributed by atoms with van der Waals surface area (Å²) in [5, 5.41) is 10.2. The van der Waals surface area contributed by atoms with Gasteiger partial charge in [-0.05, 0) is 44.5 Å². The molecule has 22 heavy (non-hydrogen) atoms. The Bertz CT molecular complexity index is 654. The predicted molar refractivity (Wildman–Crippen MR) is 85.0 cm³/mol. The van der Waals surface area contributed by atoms with E-state index >= 15 is 0 Å². The van der Waals surface area contributed by atoms with Crippen molar-refractivity contribution >= 4 is 17.8 Å². The van der Waals surface area contributed by atoms with Crippen molar-refractivity contribution in [1.82, 2.24) is 0 Å². The SMILES string of the molecule is CCOC(=O)C1=C(O)/C(=C\c2ccc(OCC)cc2)N=C1C. The molecule has 1 aliphatic heterocycles. The van der Waals surface area contributed by atoms with Gasteiger partial charge in [-0.3, -0.25) is 0 Å². The van der Waals surface area contributed by atoms with Gasteiger partial charge in [-0.25, -0.2) is 9.79 Å². The molecule has 1 heterocycles. The Balaban J connectivity index is 2.27. The van der Waals surface area contributed by atoms with E-state index in [-0.39, 0.29) is 17.9 Å². The number of hydrogen-bond acceptors (Lipinski definition) is 5. The number of carbonyl (C=O) groups excluding carboxylic acids is 1. The number of aliphatic imine (C=N–C) groups is 1. The lowest BCUT2D eigenvalue weighted by molar-refractivity contribution is -0.138. The summed E-state index contributed by atoms with van der Waals surface area (Å²) in [6, 6.07) is 7.40. The zero-order chi connectivity index (χ0) is 16.1. The lowest BCUT2D eigenvalue weighted by atomic mass is 10.1. The zero-order valence-corrected chi connectivity index (χ0v) is 12.9. The maximum atomic E-state index is 11.8. The molecular weight excluding hydrogens is 282 g/mol. The van der Waals surface area contributed by atoms with Crippen LogP contribution >= 0.6 is 0 Å². The van der Waals surface area contributed by atoms with E-state index in [1.165, 1.54) is 0 Å². The molecule has 0 unspecified atom stereocenters. The van der Waals surface area contributed by atoms with Crippen molar-refractivity contribution in [3.05, 3.63) is 46.9 Å². The molecule has 0 bridgehead atoms. The van der Waals surface area contributed by atoms with Crippen LogP contribution in [-0.2, 0) is 9.53 Å². The average molecular weight is 301 g/mol. The molecule has 0 spiro atoms. The Kier molecular flexibility index (Phi) is 4.99. The van der Waals surface area contributed by atoms with Crippen LogP contribution in [0.1, 0.15) is 26.3 Å². The summed E-state index contributed by atoms with van der Waals surface area (Å²) in [5.74, 6) is 0.0731. The monoisotopic (exact) mass is 301 g/mol. The smallest absolute Gasteiger partial charge is 0.343 e. The van der Waals surface area contributed by atoms with E-state index in [0.29, 0.717) is 18.0 Å². The topological polar surface area (TPSA) is 68.1 Å². The molecule has 0 fully saturated rings. The highest BCUT2D eigenvalue weighted by Gasteiger charge is 2.27. The first-order valence-corrected chi connectivity index (χ1v) is 7.17. The summed E-state index contributed by atoms with van der Waals surface area (Å²) >= 11 is 0. The largest absolute Gasteiger partial charge is 0.505 e. The fraction of sp³-hybridized carbons (Fsp3) is 0.294. The number of rotatable bonds is 5. The van der Waals surface area contributed by atoms with Gasteiger partial charge in [0, 0.05) is 0 Å². The second kappa shape index (κ2) is 6.93. The van der Waals surface area contributed by atoms with E-state index < -0.39 is 5.97 Å². The summed E-state index contributed by atoms with van der Waals surface area (Å²) in [4.78, 5) is 16.0. The van der Waals surface area contributed by atoms with Gasteiger partial charge in [0.15, 0.2) is 5.76 Å². The van der Waals surface area contributed by atoms with E-state index in [4.69, 9.17) is 9.47 Å². The van der Waals surface area contributed by atoms with Crippen molar-refractivity contribution < 1.29 is 19.4 Å². The highest BCUT2D eigenvalue weighted by atomic mass is 16.5. The summed E-state index contributed by atoms with van der Waals surface area (Å²) < 4.78 is 10.3. The standard InChI is InChI=1S/C17H19NO4/c1-4-21-13-8-6-12(7-9-13)10-14-16(19)15(11(3)18-14)17(20)22-5-2/h6-10,19H,4-5H2,1-3H3/b14-10+. The average Bonchev–Trinajstić information content (AvgIpc) is 2.76. The number of aliphatic hydroxyl groups excluding tert-OH is 1. The minimum absolute atomic E-state index is 0.124. The number of ether oxygens (including phenoxy) is 2. The van der Waals surface area contributed by atoms with Crippen molar-refractivity contribution in [3.63, 3.8) is 0 Å². The first kappa shape index (κ1) is 15.8. The Labute approximate surface area is 129 Å². The van der Waals surface area contributed by atoms with E-state index in [2.05, 4.69) is 4.99 Å². The number of esters is 1. The van der Waals surface area contributed by atoms with Gasteiger partial charge in [-0.15, -0.1) is 0 Å². The van der Waals surface area contributed by atoms with Crippen LogP contribution in [0.3, 0.4) is 0 Å². The quantitative estimate of drug-likeness (QED) is 0.847. The van der Waals surface area contributed by atoms with E-state index in [1.54, 1.807) is 19.9 Å². The van der Waals surface area contributed by atoms with Gasteiger partial charge >= 0.3 is 5.97 Å². The minimum Gasteiger partial charge on any atom is -0.505 e. The van der Waals surface area contributed by atoms with Crippen molar-refractivity contribution in [2.75, 3.05) is 13.2 Å². The first-order chi connectivity index (χ1) is 10.6. The molecule has 1 aromatic carbocycles. The molecule has 0 atom stereocenters. The van der Waals surface area contributed by atoms with Gasteiger partial charge in [-0.2, -0.15) is 0 Å². The minimum atomic E-state index is -0.559. The molecule has 1 aliphatic rings. The van der Waals surface area contributed by atoms with Crippen LogP contribution in [0.4, 0.5) is 0 Å². The lowest BCUT2D eigenvalue weighted by Gasteiger charge is -2.03. The zero-order valence-electron chi connectivity index (χ0n) is 12.9. The highest BCUT2D eigenvalue weighted by Crippen LogP contribution is 2.26. The van der Waals surface area contributed by atoms with Crippen LogP contribution in [0.15, 0.2) is 46.3 Å². The van der Waals surface area contributed by atoms with Crippen LogP contribution in [0.25, 0.3) is 6.08 Å². The van der Waals surface area contributed by atoms with Crippen molar-refractivity contribution in [2.45, 2.75) is 20.8 Å². The second-order valence-corrected chi connectivity index (χ2v) is 4.67. The number of nitrogens with zero attached hydrogens (tertiary/aromatic N) is 1. The van der Waals surface area contributed by atoms with Gasteiger partial charge < -0.3 is 14.6 Å². The van der Waals surface area contributed by atoms with Gasteiger partial charge in [0.1, 0.15) is 17.0 Å². The normalized spacial score (nSPS) is 16.0. The highest BCUT2D eigenvalue weighted by molar-refractivity contribution is 6.22. The van der Waals surface area contributed by atoms with Gasteiger partial charge in [0.2, 0.25) is 0 Å². The Morgan fingerprint density at radius 2 is 1.91 bits per heavy atom. The predicted octanol–water partition coefficient (Wildman–Crippen LogP) is 3.28. The Hall–Kier alpha value is -2.56. The summed E-state index contributed by atoms with van der Waals surface area (Å²) in [5.41, 5.74) is 1.78. The summed E-state index contributed by atoms with van der Waals surface area (Å²) in [6.45, 7) is 6.16. The van der Waals surface area contributed by atoms with Gasteiger partial charge in [-0.1, -0.05) is 12.1 Å². The molecule has 1 aromatic rings. The van der Waals surface area contributed by atoms with Gasteiger partial charge in [0.25, 0.3) is 0 Å². The molecular formula is C17H19NO4. The van der Waals surface area contributed by atoms with Crippen LogP contribution < -0.4 is 4.74 Å². The molecule has 0 aliphatic carbocycles. The molecule has 5 heteroatoms. The molecule has 1 N–H and O–H groups in total. The Morgan fingerprint density at radius 1 is 1.23 bits per heavy atom. The second-order valence-electron chi connectivity index (χ2n) is 4.67. The summed E-state index contributed by atoms with van der Waals surface area (Å²) in [6.07, 6.45) is 1.71. The third kappa shape index (κ3) is 3.36. The maximum Gasteiger partial charge on any atom is 0.343 e. The fourth-order valence-corrected chi connectivity index (χ4v) is 2.12. The molecule has 5 nitrogen and oxygen atoms in total. The Morgan fingerprint density at radius 3 is 2.50 bits per heavy atom. The number of aliphatic hydroxyl groups is 1. The first-order valence-electron chi connectivity index (χ1n) is 7.17. The fourth-order valence-electron chi connectivity index (χ4n) is 2.12. The summed E-state index contributed by atoms with van der Waals surface area (Å²) in [7, 11) is 0. The molecule has 0 aromatic heterocycles. The molecule has 0 saturated heterocycles. The van der Waals surface area contributed by atoms with E-state index in [1.807, 2.05) is 31.2 Å². The molecule has 0 amide bonds. The van der Waals surface area contributed by atoms with Crippen LogP contribution in [-0.4, -0.2) is 30.0 Å². The van der Waals surface area contributed by atoms with E-state index in [0.717, 1.165) is 11.3 Å². The van der Waals surface area contributed by atoms with E-state index in [9.17, 15) is 9.90 Å². The van der Waals surface area contributed by atoms with Gasteiger partial charge in [0.05, 0.1) is 18.9 Å². The van der Waals surface area contributed by atoms with Crippen molar-refractivity contribution in [1.29, 1.82) is 0 Å². The molecule has 116 valence electrons. The third-order valence-electron chi connectivity index (χ3n) is 3.10. The van der Waals surface area contributed by atoms with Crippen molar-refractivity contribution in [3.8, 4) is 5.75 Å². The van der Waals surface area contributed by atoms with Crippen LogP contribution in [0.5, 0.6) is 5.75 Å². The third-order valence-corrected chi connectivity index (χ3v) is 3.10. The lowest BCUT2D eigenvalue weighted by Crippen LogP contribution is -2.13. The molecule has 0 radical (unpaired) electrons. The number of carbonyl (C=O) groups is 1. The maximum absolute atomic E-state index is 11.8. The van der Waals surface area contributed by atoms with Crippen molar-refractivity contribution in [2.24, 2.45) is 4.99 Å². The molecule has 2 rings (SSSR count). The molecule has 0 saturated carbocycles.